The van der Waals surface area contributed by atoms with Crippen LogP contribution in [-0.2, 0) is 0 Å². The van der Waals surface area contributed by atoms with Crippen LogP contribution >= 0.6 is 11.3 Å². The van der Waals surface area contributed by atoms with Gasteiger partial charge in [0.05, 0.1) is 39.2 Å². The molecule has 0 radical (unpaired) electrons. The van der Waals surface area contributed by atoms with Crippen LogP contribution in [0.2, 0.25) is 0 Å². The first kappa shape index (κ1) is 21.7. The Morgan fingerprint density at radius 1 is 1.05 bits per heavy atom. The fourth-order valence-electron chi connectivity index (χ4n) is 4.66. The Labute approximate surface area is 212 Å². The summed E-state index contributed by atoms with van der Waals surface area (Å²) in [5.74, 6) is -0.598. The quantitative estimate of drug-likeness (QED) is 0.295. The molecule has 2 aliphatic heterocycles. The lowest BCUT2D eigenvalue weighted by molar-refractivity contribution is 0.0909. The summed E-state index contributed by atoms with van der Waals surface area (Å²) in [6, 6.07) is 7.35. The summed E-state index contributed by atoms with van der Waals surface area (Å²) in [4.78, 5) is 36.9. The summed E-state index contributed by atoms with van der Waals surface area (Å²) in [5, 5.41) is 6.44. The number of aromatic nitrogens is 8. The Morgan fingerprint density at radius 3 is 2.86 bits per heavy atom. The second-order valence-corrected chi connectivity index (χ2v) is 9.87. The van der Waals surface area contributed by atoms with Gasteiger partial charge in [-0.15, -0.1) is 11.3 Å². The minimum absolute atomic E-state index is 0.0634. The van der Waals surface area contributed by atoms with Gasteiger partial charge in [0.2, 0.25) is 5.91 Å². The zero-order chi connectivity index (χ0) is 25.1. The van der Waals surface area contributed by atoms with Crippen LogP contribution < -0.4 is 0 Å². The molecule has 37 heavy (non-hydrogen) atoms. The van der Waals surface area contributed by atoms with Gasteiger partial charge in [0, 0.05) is 24.2 Å². The van der Waals surface area contributed by atoms with Crippen molar-refractivity contribution in [2.24, 2.45) is 0 Å². The fraction of sp³-hybridized carbons (Fsp3) is 0.154. The van der Waals surface area contributed by atoms with E-state index in [4.69, 9.17) is 4.98 Å². The van der Waals surface area contributed by atoms with Crippen LogP contribution in [0.15, 0.2) is 49.1 Å². The number of carbonyl (C=O) groups is 1. The van der Waals surface area contributed by atoms with Gasteiger partial charge in [-0.25, -0.2) is 14.4 Å². The van der Waals surface area contributed by atoms with E-state index in [-0.39, 0.29) is 11.4 Å². The average Bonchev–Trinajstić information content (AvgIpc) is 3.65. The maximum absolute atomic E-state index is 16.1. The molecule has 0 saturated carbocycles. The molecule has 11 heteroatoms. The topological polar surface area (TPSA) is 118 Å². The molecular weight excluding hydrogens is 491 g/mol. The molecule has 0 atom stereocenters. The van der Waals surface area contributed by atoms with Crippen molar-refractivity contribution in [1.82, 2.24) is 39.7 Å². The SMILES string of the molecule is CCCCC(=O)n1c2cncc(c2)c2ncc3[nH][nH]c(c4nc5ccnc(c6ccc1s6)c5n4)-c3c2F. The van der Waals surface area contributed by atoms with Gasteiger partial charge in [0.15, 0.2) is 11.5 Å². The summed E-state index contributed by atoms with van der Waals surface area (Å²) in [7, 11) is 0. The average molecular weight is 511 g/mol. The van der Waals surface area contributed by atoms with Crippen LogP contribution in [0.4, 0.5) is 4.39 Å². The molecule has 0 unspecified atom stereocenters. The van der Waals surface area contributed by atoms with Gasteiger partial charge in [0.1, 0.15) is 27.1 Å². The van der Waals surface area contributed by atoms with Crippen LogP contribution in [0.1, 0.15) is 31.0 Å². The number of pyridine rings is 3. The van der Waals surface area contributed by atoms with Crippen molar-refractivity contribution in [3.63, 3.8) is 0 Å². The Balaban J connectivity index is 1.71. The van der Waals surface area contributed by atoms with Crippen LogP contribution in [0, 0.1) is 5.82 Å². The summed E-state index contributed by atoms with van der Waals surface area (Å²) in [6.45, 7) is 2.04. The fourth-order valence-corrected chi connectivity index (χ4v) is 5.70. The zero-order valence-electron chi connectivity index (χ0n) is 19.6. The molecule has 5 aromatic heterocycles. The summed E-state index contributed by atoms with van der Waals surface area (Å²) in [6.07, 6.45) is 8.42. The number of rotatable bonds is 3. The molecular formula is C26H19FN8OS. The number of imidazole rings is 1. The minimum atomic E-state index is -0.535. The maximum Gasteiger partial charge on any atom is 0.232 e. The highest BCUT2D eigenvalue weighted by Gasteiger charge is 2.21. The summed E-state index contributed by atoms with van der Waals surface area (Å²) >= 11 is 1.43. The number of hydrogen-bond donors (Lipinski definition) is 2. The maximum atomic E-state index is 16.1. The predicted molar refractivity (Wildman–Crippen MR) is 142 cm³/mol. The largest absolute Gasteiger partial charge is 0.298 e. The van der Waals surface area contributed by atoms with E-state index in [0.717, 1.165) is 17.5 Å². The number of fused-ring (bicyclic) bond motifs is 9. The number of carbonyl (C=O) groups excluding carboxylic acids is 1. The Hall–Kier alpha value is -4.51. The third-order valence-electron chi connectivity index (χ3n) is 6.46. The lowest BCUT2D eigenvalue weighted by atomic mass is 10.1. The molecule has 7 rings (SSSR count). The summed E-state index contributed by atoms with van der Waals surface area (Å²) in [5.41, 5.74) is 4.11. The molecule has 0 aliphatic carbocycles. The van der Waals surface area contributed by atoms with Crippen molar-refractivity contribution < 1.29 is 9.18 Å². The smallest absolute Gasteiger partial charge is 0.232 e. The van der Waals surface area contributed by atoms with Crippen molar-refractivity contribution in [3.05, 3.63) is 54.9 Å². The Kier molecular flexibility index (Phi) is 4.86. The van der Waals surface area contributed by atoms with Crippen molar-refractivity contribution >= 4 is 70.9 Å². The van der Waals surface area contributed by atoms with E-state index in [1.165, 1.54) is 11.3 Å². The molecule has 2 N–H and O–H groups in total. The zero-order valence-corrected chi connectivity index (χ0v) is 20.4. The van der Waals surface area contributed by atoms with Crippen LogP contribution in [0.3, 0.4) is 0 Å². The molecule has 0 fully saturated rings. The first-order valence-corrected chi connectivity index (χ1v) is 12.7. The first-order chi connectivity index (χ1) is 18.1. The monoisotopic (exact) mass is 510 g/mol. The van der Waals surface area contributed by atoms with Gasteiger partial charge in [-0.1, -0.05) is 13.3 Å². The first-order valence-electron chi connectivity index (χ1n) is 11.9. The second kappa shape index (κ2) is 8.27. The highest BCUT2D eigenvalue weighted by Crippen LogP contribution is 2.34. The number of nitrogens with one attached hydrogen (secondary N) is 2. The second-order valence-electron chi connectivity index (χ2n) is 8.81. The number of unbranched alkanes of at least 4 members (excludes halogenated alkanes) is 1. The van der Waals surface area contributed by atoms with E-state index >= 15 is 4.39 Å². The van der Waals surface area contributed by atoms with Gasteiger partial charge in [-0.2, -0.15) is 0 Å². The van der Waals surface area contributed by atoms with Crippen molar-refractivity contribution in [3.8, 4) is 11.3 Å². The van der Waals surface area contributed by atoms with E-state index in [9.17, 15) is 4.79 Å². The third-order valence-corrected chi connectivity index (χ3v) is 7.53. The van der Waals surface area contributed by atoms with E-state index in [0.29, 0.717) is 61.1 Å². The lowest BCUT2D eigenvalue weighted by Crippen LogP contribution is -2.10. The van der Waals surface area contributed by atoms with Gasteiger partial charge in [-0.05, 0) is 30.7 Å². The van der Waals surface area contributed by atoms with E-state index in [1.807, 2.05) is 19.1 Å². The van der Waals surface area contributed by atoms with E-state index in [2.05, 4.69) is 30.1 Å². The van der Waals surface area contributed by atoms with E-state index < -0.39 is 5.82 Å². The number of thiophene rings is 1. The standard InChI is InChI=1S/C26H19FN8OS/c1-2-3-4-18(36)35-14-9-13(10-28-11-14)22-21(27)20-16(12-30-22)33-34-25(20)26-31-15-7-8-29-24(23(15)32-26)17-5-6-19(35)37-17/h5-12,33-34H,2-4H2,1H3. The molecule has 0 saturated heterocycles. The van der Waals surface area contributed by atoms with Crippen molar-refractivity contribution in [2.75, 3.05) is 0 Å². The number of halogens is 1. The van der Waals surface area contributed by atoms with E-state index in [1.54, 1.807) is 41.5 Å². The molecule has 0 spiro atoms. The molecule has 9 nitrogen and oxygen atoms in total. The lowest BCUT2D eigenvalue weighted by Gasteiger charge is -2.07. The Bertz CT molecular complexity index is 2030. The molecule has 182 valence electrons. The predicted octanol–water partition coefficient (Wildman–Crippen LogP) is 6.15. The number of aromatic amines is 2. The van der Waals surface area contributed by atoms with Crippen molar-refractivity contribution in [2.45, 2.75) is 26.2 Å². The van der Waals surface area contributed by atoms with Crippen LogP contribution in [0.5, 0.6) is 0 Å². The molecule has 2 aliphatic rings. The molecule has 0 aromatic carbocycles. The number of H-pyrrole nitrogens is 2. The molecule has 7 heterocycles. The molecule has 0 amide bonds. The minimum Gasteiger partial charge on any atom is -0.298 e. The third kappa shape index (κ3) is 3.34. The normalized spacial score (nSPS) is 11.9. The Morgan fingerprint density at radius 2 is 1.97 bits per heavy atom. The van der Waals surface area contributed by atoms with Crippen LogP contribution in [-0.4, -0.2) is 45.6 Å². The van der Waals surface area contributed by atoms with Gasteiger partial charge >= 0.3 is 0 Å². The van der Waals surface area contributed by atoms with Crippen LogP contribution in [0.25, 0.3) is 64.9 Å². The molecule has 5 aromatic rings. The molecule has 8 bridgehead atoms. The van der Waals surface area contributed by atoms with Gasteiger partial charge in [0.25, 0.3) is 0 Å². The highest BCUT2D eigenvalue weighted by molar-refractivity contribution is 7.24. The number of hydrogen-bond acceptors (Lipinski definition) is 7. The number of nitrogens with zero attached hydrogens (tertiary/aromatic N) is 6. The van der Waals surface area contributed by atoms with Gasteiger partial charge < -0.3 is 0 Å². The highest BCUT2D eigenvalue weighted by atomic mass is 32.1. The van der Waals surface area contributed by atoms with Crippen molar-refractivity contribution in [1.29, 1.82) is 0 Å². The van der Waals surface area contributed by atoms with Gasteiger partial charge in [-0.3, -0.25) is 34.5 Å². The summed E-state index contributed by atoms with van der Waals surface area (Å²) < 4.78 is 18.6.